The minimum atomic E-state index is -0.515. The van der Waals surface area contributed by atoms with E-state index in [-0.39, 0.29) is 11.5 Å². The van der Waals surface area contributed by atoms with Crippen LogP contribution in [0, 0.1) is 12.3 Å². The van der Waals surface area contributed by atoms with Crippen LogP contribution in [0.4, 0.5) is 5.82 Å². The molecule has 2 heterocycles. The van der Waals surface area contributed by atoms with Gasteiger partial charge in [-0.05, 0) is 25.0 Å². The van der Waals surface area contributed by atoms with Gasteiger partial charge in [-0.25, -0.2) is 4.98 Å². The second-order valence-electron chi connectivity index (χ2n) is 7.63. The van der Waals surface area contributed by atoms with E-state index in [1.165, 1.54) is 11.1 Å². The summed E-state index contributed by atoms with van der Waals surface area (Å²) >= 11 is 0. The zero-order valence-corrected chi connectivity index (χ0v) is 15.6. The van der Waals surface area contributed by atoms with Gasteiger partial charge < -0.3 is 10.3 Å². The highest BCUT2D eigenvalue weighted by Gasteiger charge is 2.22. The van der Waals surface area contributed by atoms with Crippen LogP contribution in [-0.4, -0.2) is 20.4 Å². The van der Waals surface area contributed by atoms with Crippen molar-refractivity contribution < 1.29 is 4.79 Å². The van der Waals surface area contributed by atoms with Crippen LogP contribution in [-0.2, 0) is 17.8 Å². The molecule has 0 spiro atoms. The molecule has 2 aromatic heterocycles. The molecule has 6 heteroatoms. The maximum Gasteiger partial charge on any atom is 0.262 e. The first kappa shape index (κ1) is 17.9. The second kappa shape index (κ2) is 6.78. The molecule has 26 heavy (non-hydrogen) atoms. The van der Waals surface area contributed by atoms with Crippen molar-refractivity contribution in [3.05, 3.63) is 58.1 Å². The number of rotatable bonds is 4. The highest BCUT2D eigenvalue weighted by atomic mass is 16.2. The van der Waals surface area contributed by atoms with Crippen molar-refractivity contribution in [1.82, 2.24) is 14.5 Å². The number of nitrogens with one attached hydrogen (secondary N) is 2. The van der Waals surface area contributed by atoms with E-state index in [4.69, 9.17) is 0 Å². The van der Waals surface area contributed by atoms with E-state index >= 15 is 0 Å². The van der Waals surface area contributed by atoms with E-state index < -0.39 is 5.41 Å². The standard InChI is InChI=1S/C20H24N4O2/c1-13-5-7-14(8-6-13)9-10-24-12-21-17-15(18(24)25)11-16(22-17)23-19(26)20(2,3)4/h5-8,11-12,22H,9-10H2,1-4H3,(H,23,26). The number of H-pyrrole nitrogens is 1. The molecule has 1 amide bonds. The van der Waals surface area contributed by atoms with Crippen molar-refractivity contribution >= 4 is 22.8 Å². The fraction of sp³-hybridized carbons (Fsp3) is 0.350. The number of anilines is 1. The van der Waals surface area contributed by atoms with Crippen LogP contribution < -0.4 is 10.9 Å². The monoisotopic (exact) mass is 352 g/mol. The zero-order chi connectivity index (χ0) is 18.9. The Balaban J connectivity index is 1.80. The molecular formula is C20H24N4O2. The van der Waals surface area contributed by atoms with Gasteiger partial charge in [0, 0.05) is 12.0 Å². The minimum absolute atomic E-state index is 0.116. The summed E-state index contributed by atoms with van der Waals surface area (Å²) in [6.45, 7) is 8.11. The third-order valence-corrected chi connectivity index (χ3v) is 4.31. The van der Waals surface area contributed by atoms with Crippen molar-refractivity contribution in [1.29, 1.82) is 0 Å². The number of amides is 1. The summed E-state index contributed by atoms with van der Waals surface area (Å²) in [5, 5.41) is 3.27. The third-order valence-electron chi connectivity index (χ3n) is 4.31. The molecule has 0 bridgehead atoms. The SMILES string of the molecule is Cc1ccc(CCn2cnc3[nH]c(NC(=O)C(C)(C)C)cc3c2=O)cc1. The number of aromatic nitrogens is 3. The van der Waals surface area contributed by atoms with E-state index in [1.807, 2.05) is 27.7 Å². The summed E-state index contributed by atoms with van der Waals surface area (Å²) in [4.78, 5) is 32.1. The maximum atomic E-state index is 12.7. The predicted octanol–water partition coefficient (Wildman–Crippen LogP) is 3.26. The summed E-state index contributed by atoms with van der Waals surface area (Å²) in [6, 6.07) is 9.92. The van der Waals surface area contributed by atoms with E-state index in [0.29, 0.717) is 23.4 Å². The molecule has 1 aromatic carbocycles. The molecular weight excluding hydrogens is 328 g/mol. The molecule has 3 aromatic rings. The highest BCUT2D eigenvalue weighted by molar-refractivity contribution is 5.95. The molecule has 0 fully saturated rings. The van der Waals surface area contributed by atoms with Gasteiger partial charge in [-0.2, -0.15) is 0 Å². The Hall–Kier alpha value is -2.89. The number of aromatic amines is 1. The normalized spacial score (nSPS) is 11.7. The molecule has 136 valence electrons. The van der Waals surface area contributed by atoms with Crippen LogP contribution in [0.2, 0.25) is 0 Å². The lowest BCUT2D eigenvalue weighted by atomic mass is 9.96. The minimum Gasteiger partial charge on any atom is -0.326 e. The van der Waals surface area contributed by atoms with E-state index in [1.54, 1.807) is 17.0 Å². The van der Waals surface area contributed by atoms with E-state index in [0.717, 1.165) is 6.42 Å². The number of hydrogen-bond acceptors (Lipinski definition) is 3. The quantitative estimate of drug-likeness (QED) is 0.756. The summed E-state index contributed by atoms with van der Waals surface area (Å²) in [5.74, 6) is 0.365. The highest BCUT2D eigenvalue weighted by Crippen LogP contribution is 2.19. The van der Waals surface area contributed by atoms with Gasteiger partial charge in [0.05, 0.1) is 11.7 Å². The summed E-state index contributed by atoms with van der Waals surface area (Å²) in [5.41, 5.74) is 2.24. The van der Waals surface area contributed by atoms with Crippen LogP contribution in [0.15, 0.2) is 41.5 Å². The average Bonchev–Trinajstić information content (AvgIpc) is 2.98. The smallest absolute Gasteiger partial charge is 0.262 e. The van der Waals surface area contributed by atoms with E-state index in [9.17, 15) is 9.59 Å². The number of benzene rings is 1. The van der Waals surface area contributed by atoms with Crippen molar-refractivity contribution in [2.75, 3.05) is 5.32 Å². The molecule has 0 saturated carbocycles. The number of carbonyl (C=O) groups is 1. The molecule has 0 atom stereocenters. The van der Waals surface area contributed by atoms with Gasteiger partial charge in [0.25, 0.3) is 5.56 Å². The van der Waals surface area contributed by atoms with Crippen molar-refractivity contribution in [2.24, 2.45) is 5.41 Å². The molecule has 3 rings (SSSR count). The lowest BCUT2D eigenvalue weighted by Crippen LogP contribution is -2.27. The Bertz CT molecular complexity index is 991. The molecule has 2 N–H and O–H groups in total. The van der Waals surface area contributed by atoms with Gasteiger partial charge in [0.1, 0.15) is 11.5 Å². The molecule has 0 saturated heterocycles. The zero-order valence-electron chi connectivity index (χ0n) is 15.6. The Kier molecular flexibility index (Phi) is 4.68. The molecule has 6 nitrogen and oxygen atoms in total. The second-order valence-corrected chi connectivity index (χ2v) is 7.63. The van der Waals surface area contributed by atoms with Crippen LogP contribution in [0.5, 0.6) is 0 Å². The van der Waals surface area contributed by atoms with Crippen LogP contribution in [0.3, 0.4) is 0 Å². The molecule has 0 aliphatic carbocycles. The van der Waals surface area contributed by atoms with Gasteiger partial charge in [0.15, 0.2) is 0 Å². The number of fused-ring (bicyclic) bond motifs is 1. The molecule has 0 unspecified atom stereocenters. The maximum absolute atomic E-state index is 12.7. The Morgan fingerprint density at radius 1 is 1.23 bits per heavy atom. The molecule has 0 radical (unpaired) electrons. The first-order valence-electron chi connectivity index (χ1n) is 8.69. The van der Waals surface area contributed by atoms with Gasteiger partial charge in [-0.1, -0.05) is 50.6 Å². The number of hydrogen-bond donors (Lipinski definition) is 2. The van der Waals surface area contributed by atoms with Crippen molar-refractivity contribution in [3.8, 4) is 0 Å². The summed E-state index contributed by atoms with van der Waals surface area (Å²) in [6.07, 6.45) is 2.30. The first-order valence-corrected chi connectivity index (χ1v) is 8.69. The predicted molar refractivity (Wildman–Crippen MR) is 103 cm³/mol. The topological polar surface area (TPSA) is 79.8 Å². The van der Waals surface area contributed by atoms with Gasteiger partial charge in [-0.15, -0.1) is 0 Å². The van der Waals surface area contributed by atoms with Gasteiger partial charge in [-0.3, -0.25) is 14.2 Å². The van der Waals surface area contributed by atoms with Gasteiger partial charge in [0.2, 0.25) is 5.91 Å². The largest absolute Gasteiger partial charge is 0.326 e. The first-order chi connectivity index (χ1) is 12.2. The number of carbonyl (C=O) groups excluding carboxylic acids is 1. The summed E-state index contributed by atoms with van der Waals surface area (Å²) in [7, 11) is 0. The third kappa shape index (κ3) is 3.85. The summed E-state index contributed by atoms with van der Waals surface area (Å²) < 4.78 is 1.60. The van der Waals surface area contributed by atoms with Crippen LogP contribution in [0.25, 0.3) is 11.0 Å². The van der Waals surface area contributed by atoms with E-state index in [2.05, 4.69) is 39.6 Å². The lowest BCUT2D eigenvalue weighted by molar-refractivity contribution is -0.123. The fourth-order valence-corrected chi connectivity index (χ4v) is 2.58. The fourth-order valence-electron chi connectivity index (χ4n) is 2.58. The Morgan fingerprint density at radius 2 is 1.92 bits per heavy atom. The van der Waals surface area contributed by atoms with Crippen molar-refractivity contribution in [3.63, 3.8) is 0 Å². The average molecular weight is 352 g/mol. The number of aryl methyl sites for hydroxylation is 3. The van der Waals surface area contributed by atoms with Crippen LogP contribution in [0.1, 0.15) is 31.9 Å². The number of nitrogens with zero attached hydrogens (tertiary/aromatic N) is 2. The lowest BCUT2D eigenvalue weighted by Gasteiger charge is -2.16. The molecule has 0 aliphatic rings. The van der Waals surface area contributed by atoms with Crippen molar-refractivity contribution in [2.45, 2.75) is 40.7 Å². The van der Waals surface area contributed by atoms with Crippen LogP contribution >= 0.6 is 0 Å². The molecule has 0 aliphatic heterocycles. The Labute approximate surface area is 152 Å². The Morgan fingerprint density at radius 3 is 2.58 bits per heavy atom. The van der Waals surface area contributed by atoms with Gasteiger partial charge >= 0.3 is 0 Å².